The van der Waals surface area contributed by atoms with Gasteiger partial charge in [0.05, 0.1) is 6.17 Å². The molecular formula is C15H26Cl2N2. The molecule has 1 saturated heterocycles. The Morgan fingerprint density at radius 2 is 1.63 bits per heavy atom. The molecule has 1 unspecified atom stereocenters. The second-order valence-corrected chi connectivity index (χ2v) is 5.04. The van der Waals surface area contributed by atoms with Gasteiger partial charge in [-0.25, -0.2) is 0 Å². The predicted molar refractivity (Wildman–Crippen MR) is 87.3 cm³/mol. The number of rotatable bonds is 5. The Balaban J connectivity index is 0.00000162. The molecule has 2 N–H and O–H groups in total. The zero-order valence-corrected chi connectivity index (χ0v) is 13.1. The Bertz CT molecular complexity index is 313. The van der Waals surface area contributed by atoms with E-state index in [-0.39, 0.29) is 31.0 Å². The Hall–Kier alpha value is -0.280. The van der Waals surface area contributed by atoms with Crippen molar-refractivity contribution in [3.63, 3.8) is 0 Å². The van der Waals surface area contributed by atoms with Crippen molar-refractivity contribution in [3.05, 3.63) is 35.9 Å². The molecule has 0 bridgehead atoms. The van der Waals surface area contributed by atoms with E-state index < -0.39 is 0 Å². The number of halogens is 2. The van der Waals surface area contributed by atoms with Crippen molar-refractivity contribution in [2.75, 3.05) is 13.1 Å². The number of nitrogens with zero attached hydrogens (tertiary/aromatic N) is 1. The van der Waals surface area contributed by atoms with Crippen LogP contribution in [0.4, 0.5) is 0 Å². The number of aryl methyl sites for hydroxylation is 1. The van der Waals surface area contributed by atoms with E-state index in [1.165, 1.54) is 44.3 Å². The van der Waals surface area contributed by atoms with Crippen LogP contribution in [0.5, 0.6) is 0 Å². The van der Waals surface area contributed by atoms with Crippen LogP contribution in [0.15, 0.2) is 30.3 Å². The number of likely N-dealkylation sites (tertiary alicyclic amines) is 1. The molecule has 1 aliphatic rings. The highest BCUT2D eigenvalue weighted by Crippen LogP contribution is 2.13. The molecule has 2 nitrogen and oxygen atoms in total. The van der Waals surface area contributed by atoms with Crippen molar-refractivity contribution in [3.8, 4) is 0 Å². The zero-order chi connectivity index (χ0) is 11.9. The van der Waals surface area contributed by atoms with Gasteiger partial charge in [0, 0.05) is 0 Å². The van der Waals surface area contributed by atoms with E-state index in [1.807, 2.05) is 0 Å². The highest BCUT2D eigenvalue weighted by Gasteiger charge is 2.16. The van der Waals surface area contributed by atoms with E-state index in [4.69, 9.17) is 5.73 Å². The van der Waals surface area contributed by atoms with E-state index >= 15 is 0 Å². The molecule has 0 amide bonds. The summed E-state index contributed by atoms with van der Waals surface area (Å²) in [6, 6.07) is 10.7. The molecule has 1 fully saturated rings. The third-order valence-electron chi connectivity index (χ3n) is 3.67. The summed E-state index contributed by atoms with van der Waals surface area (Å²) in [7, 11) is 0. The highest BCUT2D eigenvalue weighted by molar-refractivity contribution is 5.85. The maximum absolute atomic E-state index is 6.24. The molecule has 0 saturated carbocycles. The standard InChI is InChI=1S/C15H24N2.2ClH/c16-15(17-12-5-2-6-13-17)11-7-10-14-8-3-1-4-9-14;;/h1,3-4,8-9,15H,2,5-7,10-13,16H2;2*1H. The SMILES string of the molecule is Cl.Cl.NC(CCCc1ccccc1)N1CCCCC1. The van der Waals surface area contributed by atoms with E-state index in [2.05, 4.69) is 35.2 Å². The van der Waals surface area contributed by atoms with Crippen LogP contribution in [0, 0.1) is 0 Å². The van der Waals surface area contributed by atoms with Crippen molar-refractivity contribution >= 4 is 24.8 Å². The maximum Gasteiger partial charge on any atom is 0.0571 e. The van der Waals surface area contributed by atoms with Crippen LogP contribution in [0.2, 0.25) is 0 Å². The number of nitrogens with two attached hydrogens (primary N) is 1. The molecule has 0 radical (unpaired) electrons. The molecule has 110 valence electrons. The predicted octanol–water partition coefficient (Wildman–Crippen LogP) is 3.62. The third-order valence-corrected chi connectivity index (χ3v) is 3.67. The quantitative estimate of drug-likeness (QED) is 0.900. The van der Waals surface area contributed by atoms with Gasteiger partial charge in [0.25, 0.3) is 0 Å². The first-order valence-electron chi connectivity index (χ1n) is 6.90. The van der Waals surface area contributed by atoms with Crippen LogP contribution in [-0.4, -0.2) is 24.2 Å². The molecule has 1 aromatic rings. The summed E-state index contributed by atoms with van der Waals surface area (Å²) in [6.07, 6.45) is 7.78. The monoisotopic (exact) mass is 304 g/mol. The van der Waals surface area contributed by atoms with Gasteiger partial charge in [-0.2, -0.15) is 0 Å². The summed E-state index contributed by atoms with van der Waals surface area (Å²) in [5.41, 5.74) is 7.67. The largest absolute Gasteiger partial charge is 0.316 e. The molecule has 0 aromatic heterocycles. The van der Waals surface area contributed by atoms with Crippen LogP contribution in [0.3, 0.4) is 0 Å². The lowest BCUT2D eigenvalue weighted by Gasteiger charge is -2.32. The second-order valence-electron chi connectivity index (χ2n) is 5.04. The van der Waals surface area contributed by atoms with Gasteiger partial charge in [-0.1, -0.05) is 36.8 Å². The lowest BCUT2D eigenvalue weighted by molar-refractivity contribution is 0.157. The maximum atomic E-state index is 6.24. The van der Waals surface area contributed by atoms with Crippen LogP contribution in [-0.2, 0) is 6.42 Å². The first-order valence-corrected chi connectivity index (χ1v) is 6.90. The lowest BCUT2D eigenvalue weighted by atomic mass is 10.1. The average molecular weight is 305 g/mol. The van der Waals surface area contributed by atoms with Gasteiger partial charge in [-0.15, -0.1) is 24.8 Å². The number of benzene rings is 1. The molecule has 2 rings (SSSR count). The fourth-order valence-corrected chi connectivity index (χ4v) is 2.59. The molecule has 1 aromatic carbocycles. The molecular weight excluding hydrogens is 279 g/mol. The Morgan fingerprint density at radius 1 is 1.00 bits per heavy atom. The second kappa shape index (κ2) is 10.5. The normalized spacial score (nSPS) is 17.1. The van der Waals surface area contributed by atoms with Gasteiger partial charge >= 0.3 is 0 Å². The lowest BCUT2D eigenvalue weighted by Crippen LogP contribution is -2.44. The average Bonchev–Trinajstić information content (AvgIpc) is 2.41. The summed E-state index contributed by atoms with van der Waals surface area (Å²) in [4.78, 5) is 2.45. The molecule has 19 heavy (non-hydrogen) atoms. The van der Waals surface area contributed by atoms with Crippen molar-refractivity contribution in [1.82, 2.24) is 4.90 Å². The molecule has 4 heteroatoms. The summed E-state index contributed by atoms with van der Waals surface area (Å²) >= 11 is 0. The van der Waals surface area contributed by atoms with Crippen molar-refractivity contribution in [1.29, 1.82) is 0 Å². The summed E-state index contributed by atoms with van der Waals surface area (Å²) in [5.74, 6) is 0. The van der Waals surface area contributed by atoms with Gasteiger partial charge in [-0.3, -0.25) is 4.90 Å². The minimum atomic E-state index is 0. The van der Waals surface area contributed by atoms with E-state index in [1.54, 1.807) is 0 Å². The molecule has 1 atom stereocenters. The van der Waals surface area contributed by atoms with E-state index in [0.29, 0.717) is 0 Å². The zero-order valence-electron chi connectivity index (χ0n) is 11.5. The van der Waals surface area contributed by atoms with E-state index in [0.717, 1.165) is 12.8 Å². The topological polar surface area (TPSA) is 29.3 Å². The van der Waals surface area contributed by atoms with Crippen LogP contribution in [0.1, 0.15) is 37.7 Å². The third kappa shape index (κ3) is 6.62. The number of piperidine rings is 1. The Labute approximate surface area is 129 Å². The molecule has 1 aliphatic heterocycles. The minimum Gasteiger partial charge on any atom is -0.316 e. The van der Waals surface area contributed by atoms with Gasteiger partial charge in [0.2, 0.25) is 0 Å². The highest BCUT2D eigenvalue weighted by atomic mass is 35.5. The van der Waals surface area contributed by atoms with Gasteiger partial charge in [0.15, 0.2) is 0 Å². The number of hydrogen-bond donors (Lipinski definition) is 1. The molecule has 1 heterocycles. The van der Waals surface area contributed by atoms with Crippen molar-refractivity contribution < 1.29 is 0 Å². The summed E-state index contributed by atoms with van der Waals surface area (Å²) < 4.78 is 0. The smallest absolute Gasteiger partial charge is 0.0571 e. The molecule has 0 aliphatic carbocycles. The van der Waals surface area contributed by atoms with Crippen LogP contribution >= 0.6 is 24.8 Å². The van der Waals surface area contributed by atoms with Gasteiger partial charge < -0.3 is 5.73 Å². The Kier molecular flexibility index (Phi) is 10.3. The van der Waals surface area contributed by atoms with Gasteiger partial charge in [-0.05, 0) is 50.8 Å². The molecule has 0 spiro atoms. The van der Waals surface area contributed by atoms with Crippen molar-refractivity contribution in [2.45, 2.75) is 44.7 Å². The summed E-state index contributed by atoms with van der Waals surface area (Å²) in [5, 5.41) is 0. The van der Waals surface area contributed by atoms with Gasteiger partial charge in [0.1, 0.15) is 0 Å². The Morgan fingerprint density at radius 3 is 2.26 bits per heavy atom. The van der Waals surface area contributed by atoms with Crippen LogP contribution in [0.25, 0.3) is 0 Å². The fraction of sp³-hybridized carbons (Fsp3) is 0.600. The fourth-order valence-electron chi connectivity index (χ4n) is 2.59. The summed E-state index contributed by atoms with van der Waals surface area (Å²) in [6.45, 7) is 2.40. The first-order chi connectivity index (χ1) is 8.36. The van der Waals surface area contributed by atoms with Crippen molar-refractivity contribution in [2.24, 2.45) is 5.73 Å². The first kappa shape index (κ1) is 18.7. The van der Waals surface area contributed by atoms with Crippen LogP contribution < -0.4 is 5.73 Å². The minimum absolute atomic E-state index is 0. The van der Waals surface area contributed by atoms with E-state index in [9.17, 15) is 0 Å². The number of hydrogen-bond acceptors (Lipinski definition) is 2.